The van der Waals surface area contributed by atoms with Crippen molar-refractivity contribution in [2.24, 2.45) is 0 Å². The molecule has 0 saturated heterocycles. The number of hydrogen-bond donors (Lipinski definition) is 1. The van der Waals surface area contributed by atoms with Crippen molar-refractivity contribution < 1.29 is 9.57 Å². The van der Waals surface area contributed by atoms with E-state index in [0.29, 0.717) is 6.61 Å². The van der Waals surface area contributed by atoms with Gasteiger partial charge in [-0.3, -0.25) is 4.84 Å². The molecule has 2 aromatic rings. The molecule has 23 heavy (non-hydrogen) atoms. The van der Waals surface area contributed by atoms with Gasteiger partial charge in [-0.1, -0.05) is 55.8 Å². The Hall–Kier alpha value is -1.84. The highest BCUT2D eigenvalue weighted by atomic mass is 16.6. The van der Waals surface area contributed by atoms with Crippen molar-refractivity contribution in [1.29, 1.82) is 0 Å². The maximum Gasteiger partial charge on any atom is 0.119 e. The molecule has 3 nitrogen and oxygen atoms in total. The van der Waals surface area contributed by atoms with E-state index in [0.717, 1.165) is 36.3 Å². The van der Waals surface area contributed by atoms with Crippen LogP contribution in [0.15, 0.2) is 54.6 Å². The fourth-order valence-electron chi connectivity index (χ4n) is 2.24. The molecule has 0 atom stereocenters. The van der Waals surface area contributed by atoms with Crippen LogP contribution in [0, 0.1) is 0 Å². The van der Waals surface area contributed by atoms with E-state index >= 15 is 0 Å². The van der Waals surface area contributed by atoms with E-state index in [1.165, 1.54) is 0 Å². The fourth-order valence-corrected chi connectivity index (χ4v) is 2.24. The van der Waals surface area contributed by atoms with Gasteiger partial charge < -0.3 is 4.74 Å². The van der Waals surface area contributed by atoms with E-state index in [2.05, 4.69) is 50.5 Å². The molecule has 0 radical (unpaired) electrons. The van der Waals surface area contributed by atoms with Gasteiger partial charge in [0, 0.05) is 0 Å². The van der Waals surface area contributed by atoms with E-state index in [-0.39, 0.29) is 5.54 Å². The van der Waals surface area contributed by atoms with Gasteiger partial charge in [0.2, 0.25) is 0 Å². The fraction of sp³-hybridized carbons (Fsp3) is 0.400. The van der Waals surface area contributed by atoms with Crippen molar-refractivity contribution in [3.05, 3.63) is 65.7 Å². The number of rotatable bonds is 9. The molecule has 124 valence electrons. The lowest BCUT2D eigenvalue weighted by molar-refractivity contribution is -0.0251. The second-order valence-electron chi connectivity index (χ2n) is 6.23. The summed E-state index contributed by atoms with van der Waals surface area (Å²) in [5.41, 5.74) is 5.20. The Bertz CT molecular complexity index is 564. The summed E-state index contributed by atoms with van der Waals surface area (Å²) in [6.07, 6.45) is 2.23. The average molecular weight is 313 g/mol. The number of hydroxylamine groups is 1. The number of hydrogen-bond acceptors (Lipinski definition) is 3. The Morgan fingerprint density at radius 1 is 0.957 bits per heavy atom. The van der Waals surface area contributed by atoms with Crippen LogP contribution in [-0.4, -0.2) is 6.61 Å². The minimum absolute atomic E-state index is 0.267. The molecule has 0 aliphatic carbocycles. The molecule has 0 saturated carbocycles. The molecular weight excluding hydrogens is 286 g/mol. The molecule has 0 bridgehead atoms. The highest BCUT2D eigenvalue weighted by Crippen LogP contribution is 2.23. The maximum absolute atomic E-state index is 5.70. The van der Waals surface area contributed by atoms with Crippen molar-refractivity contribution in [1.82, 2.24) is 5.48 Å². The predicted molar refractivity (Wildman–Crippen MR) is 94.2 cm³/mol. The first-order valence-corrected chi connectivity index (χ1v) is 8.28. The summed E-state index contributed by atoms with van der Waals surface area (Å²) >= 11 is 0. The molecule has 0 aliphatic heterocycles. The minimum atomic E-state index is -0.267. The Morgan fingerprint density at radius 3 is 2.30 bits per heavy atom. The summed E-state index contributed by atoms with van der Waals surface area (Å²) in [5.74, 6) is 0.920. The molecule has 0 spiro atoms. The first-order valence-electron chi connectivity index (χ1n) is 8.28. The maximum atomic E-state index is 5.70. The van der Waals surface area contributed by atoms with Gasteiger partial charge in [0.15, 0.2) is 0 Å². The Labute approximate surface area is 139 Å². The molecule has 0 unspecified atom stereocenters. The van der Waals surface area contributed by atoms with Crippen molar-refractivity contribution in [3.8, 4) is 5.75 Å². The van der Waals surface area contributed by atoms with Crippen molar-refractivity contribution in [2.45, 2.75) is 45.8 Å². The van der Waals surface area contributed by atoms with Crippen LogP contribution in [0.1, 0.15) is 44.7 Å². The lowest BCUT2D eigenvalue weighted by Gasteiger charge is -2.26. The van der Waals surface area contributed by atoms with Crippen molar-refractivity contribution >= 4 is 0 Å². The second kappa shape index (κ2) is 8.70. The molecule has 0 heterocycles. The molecule has 2 aromatic carbocycles. The van der Waals surface area contributed by atoms with Gasteiger partial charge in [0.1, 0.15) is 5.75 Å². The second-order valence-corrected chi connectivity index (χ2v) is 6.23. The van der Waals surface area contributed by atoms with E-state index in [4.69, 9.17) is 9.57 Å². The largest absolute Gasteiger partial charge is 0.494 e. The van der Waals surface area contributed by atoms with Gasteiger partial charge >= 0.3 is 0 Å². The third-order valence-corrected chi connectivity index (χ3v) is 3.75. The summed E-state index contributed by atoms with van der Waals surface area (Å²) in [5, 5.41) is 0. The van der Waals surface area contributed by atoms with Crippen LogP contribution in [0.25, 0.3) is 0 Å². The number of benzene rings is 2. The number of nitrogens with one attached hydrogen (secondary N) is 1. The van der Waals surface area contributed by atoms with E-state index in [1.54, 1.807) is 0 Å². The number of ether oxygens (including phenoxy) is 1. The highest BCUT2D eigenvalue weighted by molar-refractivity contribution is 5.31. The summed E-state index contributed by atoms with van der Waals surface area (Å²) in [6.45, 7) is 7.69. The van der Waals surface area contributed by atoms with Crippen LogP contribution >= 0.6 is 0 Å². The van der Waals surface area contributed by atoms with Gasteiger partial charge in [-0.25, -0.2) is 0 Å². The SMILES string of the molecule is CCCCOc1ccc(C(C)(C)NOCc2ccccc2)cc1. The monoisotopic (exact) mass is 313 g/mol. The van der Waals surface area contributed by atoms with Crippen LogP contribution in [0.2, 0.25) is 0 Å². The first-order chi connectivity index (χ1) is 11.1. The predicted octanol–water partition coefficient (Wildman–Crippen LogP) is 4.82. The van der Waals surface area contributed by atoms with E-state index in [9.17, 15) is 0 Å². The van der Waals surface area contributed by atoms with Crippen molar-refractivity contribution in [2.75, 3.05) is 6.61 Å². The summed E-state index contributed by atoms with van der Waals surface area (Å²) < 4.78 is 5.70. The molecular formula is C20H27NO2. The minimum Gasteiger partial charge on any atom is -0.494 e. The molecule has 1 N–H and O–H groups in total. The Morgan fingerprint density at radius 2 is 1.65 bits per heavy atom. The van der Waals surface area contributed by atoms with Crippen LogP contribution in [0.3, 0.4) is 0 Å². The van der Waals surface area contributed by atoms with Gasteiger partial charge in [-0.15, -0.1) is 0 Å². The van der Waals surface area contributed by atoms with Crippen LogP contribution in [0.4, 0.5) is 0 Å². The lowest BCUT2D eigenvalue weighted by atomic mass is 9.95. The molecule has 0 amide bonds. The molecule has 3 heteroatoms. The smallest absolute Gasteiger partial charge is 0.119 e. The summed E-state index contributed by atoms with van der Waals surface area (Å²) in [6, 6.07) is 18.3. The van der Waals surface area contributed by atoms with Crippen LogP contribution in [0.5, 0.6) is 5.75 Å². The highest BCUT2D eigenvalue weighted by Gasteiger charge is 2.20. The zero-order valence-electron chi connectivity index (χ0n) is 14.3. The molecule has 0 fully saturated rings. The normalized spacial score (nSPS) is 11.4. The average Bonchev–Trinajstić information content (AvgIpc) is 2.56. The summed E-state index contributed by atoms with van der Waals surface area (Å²) in [4.78, 5) is 5.67. The zero-order chi connectivity index (χ0) is 16.5. The van der Waals surface area contributed by atoms with Crippen LogP contribution < -0.4 is 10.2 Å². The van der Waals surface area contributed by atoms with E-state index < -0.39 is 0 Å². The first kappa shape index (κ1) is 17.5. The van der Waals surface area contributed by atoms with Gasteiger partial charge in [0.25, 0.3) is 0 Å². The van der Waals surface area contributed by atoms with Crippen LogP contribution in [-0.2, 0) is 17.0 Å². The number of unbranched alkanes of at least 4 members (excludes halogenated alkanes) is 1. The topological polar surface area (TPSA) is 30.5 Å². The van der Waals surface area contributed by atoms with Crippen molar-refractivity contribution in [3.63, 3.8) is 0 Å². The Balaban J connectivity index is 1.85. The van der Waals surface area contributed by atoms with Gasteiger partial charge in [-0.05, 0) is 43.5 Å². The Kier molecular flexibility index (Phi) is 6.63. The van der Waals surface area contributed by atoms with E-state index in [1.807, 2.05) is 30.3 Å². The standard InChI is InChI=1S/C20H27NO2/c1-4-5-15-22-19-13-11-18(12-14-19)20(2,3)21-23-16-17-9-7-6-8-10-17/h6-14,21H,4-5,15-16H2,1-3H3. The quantitative estimate of drug-likeness (QED) is 0.532. The molecule has 0 aliphatic rings. The molecule has 2 rings (SSSR count). The van der Waals surface area contributed by atoms with Gasteiger partial charge in [-0.2, -0.15) is 5.48 Å². The lowest BCUT2D eigenvalue weighted by Crippen LogP contribution is -2.36. The van der Waals surface area contributed by atoms with Gasteiger partial charge in [0.05, 0.1) is 18.8 Å². The third-order valence-electron chi connectivity index (χ3n) is 3.75. The summed E-state index contributed by atoms with van der Waals surface area (Å²) in [7, 11) is 0. The zero-order valence-corrected chi connectivity index (χ0v) is 14.3. The third kappa shape index (κ3) is 5.70. The molecule has 0 aromatic heterocycles.